The fraction of sp³-hybridized carbons (Fsp3) is 0.273. The second-order valence-corrected chi connectivity index (χ2v) is 7.13. The van der Waals surface area contributed by atoms with E-state index in [1.165, 1.54) is 11.8 Å². The van der Waals surface area contributed by atoms with Gasteiger partial charge in [-0.3, -0.25) is 4.79 Å². The van der Waals surface area contributed by atoms with E-state index in [9.17, 15) is 9.59 Å². The topological polar surface area (TPSA) is 66.8 Å². The number of aliphatic carboxylic acids is 1. The first kappa shape index (κ1) is 17.3. The highest BCUT2D eigenvalue weighted by atomic mass is 16.5. The number of carbonyl (C=O) groups is 2. The number of hydrogen-bond donors (Lipinski definition) is 1. The third-order valence-electron chi connectivity index (χ3n) is 5.33. The molecule has 5 heteroatoms. The van der Waals surface area contributed by atoms with Crippen LogP contribution in [-0.2, 0) is 4.79 Å². The summed E-state index contributed by atoms with van der Waals surface area (Å²) in [7, 11) is 0. The van der Waals surface area contributed by atoms with E-state index in [0.29, 0.717) is 23.3 Å². The maximum absolute atomic E-state index is 12.8. The average Bonchev–Trinajstić information content (AvgIpc) is 2.68. The summed E-state index contributed by atoms with van der Waals surface area (Å²) in [5, 5.41) is 8.75. The van der Waals surface area contributed by atoms with Gasteiger partial charge in [0.25, 0.3) is 0 Å². The molecule has 1 spiro atoms. The third-order valence-corrected chi connectivity index (χ3v) is 5.33. The zero-order chi connectivity index (χ0) is 18.9. The maximum atomic E-state index is 12.8. The number of anilines is 1. The quantitative estimate of drug-likeness (QED) is 0.841. The van der Waals surface area contributed by atoms with Crippen molar-refractivity contribution in [2.24, 2.45) is 0 Å². The largest absolute Gasteiger partial charge is 0.486 e. The Labute approximate surface area is 157 Å². The Morgan fingerprint density at radius 3 is 2.56 bits per heavy atom. The van der Waals surface area contributed by atoms with Crippen LogP contribution in [0, 0.1) is 0 Å². The standard InChI is InChI=1S/C22H21NO4/c24-19-15-22(10-12-23(13-11-22)17-4-2-1-3-5-17)27-20-8-6-16(14-18(19)20)7-9-21(25)26/h1-9,14H,10-13,15H2,(H,25,26)/b9-7+. The number of ether oxygens (including phenoxy) is 1. The Bertz CT molecular complexity index is 896. The van der Waals surface area contributed by atoms with E-state index in [4.69, 9.17) is 9.84 Å². The lowest BCUT2D eigenvalue weighted by Crippen LogP contribution is -2.51. The number of carbonyl (C=O) groups excluding carboxylic acids is 1. The number of para-hydroxylation sites is 1. The van der Waals surface area contributed by atoms with Gasteiger partial charge in [0.2, 0.25) is 0 Å². The molecule has 5 nitrogen and oxygen atoms in total. The number of ketones is 1. The normalized spacial score (nSPS) is 18.4. The fourth-order valence-corrected chi connectivity index (χ4v) is 3.87. The molecule has 0 unspecified atom stereocenters. The molecule has 0 radical (unpaired) electrons. The van der Waals surface area contributed by atoms with Gasteiger partial charge >= 0.3 is 5.97 Å². The molecule has 1 fully saturated rings. The number of hydrogen-bond acceptors (Lipinski definition) is 4. The van der Waals surface area contributed by atoms with Crippen molar-refractivity contribution in [3.8, 4) is 5.75 Å². The molecule has 1 saturated heterocycles. The Hall–Kier alpha value is -3.08. The molecule has 0 bridgehead atoms. The molecule has 0 atom stereocenters. The molecule has 2 heterocycles. The van der Waals surface area contributed by atoms with Crippen LogP contribution in [-0.4, -0.2) is 35.5 Å². The van der Waals surface area contributed by atoms with Crippen LogP contribution in [0.1, 0.15) is 35.2 Å². The van der Waals surface area contributed by atoms with Gasteiger partial charge in [0, 0.05) is 37.7 Å². The zero-order valence-corrected chi connectivity index (χ0v) is 14.9. The molecule has 2 aliphatic rings. The molecule has 0 aliphatic carbocycles. The Morgan fingerprint density at radius 2 is 1.85 bits per heavy atom. The molecule has 4 rings (SSSR count). The lowest BCUT2D eigenvalue weighted by Gasteiger charge is -2.44. The van der Waals surface area contributed by atoms with Crippen LogP contribution in [0.25, 0.3) is 6.08 Å². The summed E-state index contributed by atoms with van der Waals surface area (Å²) in [5.41, 5.74) is 1.99. The summed E-state index contributed by atoms with van der Waals surface area (Å²) in [6.45, 7) is 1.71. The van der Waals surface area contributed by atoms with Crippen molar-refractivity contribution in [2.45, 2.75) is 24.9 Å². The fourth-order valence-electron chi connectivity index (χ4n) is 3.87. The second kappa shape index (κ2) is 6.91. The molecule has 0 amide bonds. The lowest BCUT2D eigenvalue weighted by molar-refractivity contribution is -0.131. The van der Waals surface area contributed by atoms with Crippen LogP contribution in [0.5, 0.6) is 5.75 Å². The van der Waals surface area contributed by atoms with E-state index in [1.807, 2.05) is 18.2 Å². The highest BCUT2D eigenvalue weighted by molar-refractivity contribution is 6.01. The minimum atomic E-state index is -1.01. The molecular formula is C22H21NO4. The number of nitrogens with zero attached hydrogens (tertiary/aromatic N) is 1. The number of fused-ring (bicyclic) bond motifs is 1. The predicted octanol–water partition coefficient (Wildman–Crippen LogP) is 3.79. The van der Waals surface area contributed by atoms with Crippen molar-refractivity contribution in [2.75, 3.05) is 18.0 Å². The smallest absolute Gasteiger partial charge is 0.328 e. The van der Waals surface area contributed by atoms with Gasteiger partial charge in [-0.2, -0.15) is 0 Å². The van der Waals surface area contributed by atoms with Gasteiger partial charge in [-0.25, -0.2) is 4.79 Å². The SMILES string of the molecule is O=C(O)/C=C/c1ccc2c(c1)C(=O)CC1(CCN(c3ccccc3)CC1)O2. The van der Waals surface area contributed by atoms with Crippen LogP contribution >= 0.6 is 0 Å². The average molecular weight is 363 g/mol. The number of rotatable bonds is 3. The highest BCUT2D eigenvalue weighted by Crippen LogP contribution is 2.40. The van der Waals surface area contributed by atoms with Crippen LogP contribution in [0.4, 0.5) is 5.69 Å². The first-order chi connectivity index (χ1) is 13.0. The van der Waals surface area contributed by atoms with E-state index in [0.717, 1.165) is 32.0 Å². The minimum absolute atomic E-state index is 0.0648. The molecule has 0 saturated carbocycles. The van der Waals surface area contributed by atoms with Gasteiger partial charge in [0.15, 0.2) is 5.78 Å². The molecule has 27 heavy (non-hydrogen) atoms. The van der Waals surface area contributed by atoms with E-state index < -0.39 is 11.6 Å². The van der Waals surface area contributed by atoms with Crippen molar-refractivity contribution >= 4 is 23.5 Å². The van der Waals surface area contributed by atoms with Crippen molar-refractivity contribution < 1.29 is 19.4 Å². The lowest BCUT2D eigenvalue weighted by atomic mass is 9.82. The Balaban J connectivity index is 1.51. The van der Waals surface area contributed by atoms with E-state index in [1.54, 1.807) is 18.2 Å². The highest BCUT2D eigenvalue weighted by Gasteiger charge is 2.43. The molecule has 1 N–H and O–H groups in total. The van der Waals surface area contributed by atoms with Gasteiger partial charge in [0.05, 0.1) is 12.0 Å². The third kappa shape index (κ3) is 3.58. The first-order valence-electron chi connectivity index (χ1n) is 9.12. The van der Waals surface area contributed by atoms with E-state index >= 15 is 0 Å². The molecular weight excluding hydrogens is 342 g/mol. The summed E-state index contributed by atoms with van der Waals surface area (Å²) in [4.78, 5) is 25.8. The monoisotopic (exact) mass is 363 g/mol. The summed E-state index contributed by atoms with van der Waals surface area (Å²) < 4.78 is 6.31. The van der Waals surface area contributed by atoms with Crippen LogP contribution in [0.2, 0.25) is 0 Å². The van der Waals surface area contributed by atoms with Crippen molar-refractivity contribution in [1.82, 2.24) is 0 Å². The number of carboxylic acid groups (broad SMARTS) is 1. The molecule has 0 aromatic heterocycles. The van der Waals surface area contributed by atoms with Crippen molar-refractivity contribution in [3.63, 3.8) is 0 Å². The molecule has 2 aromatic carbocycles. The van der Waals surface area contributed by atoms with Crippen molar-refractivity contribution in [3.05, 3.63) is 65.7 Å². The summed E-state index contributed by atoms with van der Waals surface area (Å²) in [6, 6.07) is 15.6. The maximum Gasteiger partial charge on any atom is 0.328 e. The molecule has 2 aliphatic heterocycles. The Kier molecular flexibility index (Phi) is 4.44. The van der Waals surface area contributed by atoms with Crippen LogP contribution in [0.15, 0.2) is 54.6 Å². The summed E-state index contributed by atoms with van der Waals surface area (Å²) in [6.07, 6.45) is 4.52. The van der Waals surface area contributed by atoms with Crippen LogP contribution in [0.3, 0.4) is 0 Å². The number of benzene rings is 2. The summed E-state index contributed by atoms with van der Waals surface area (Å²) in [5.74, 6) is -0.346. The predicted molar refractivity (Wildman–Crippen MR) is 103 cm³/mol. The minimum Gasteiger partial charge on any atom is -0.486 e. The number of Topliss-reactive ketones (excluding diaryl/α,β-unsaturated/α-hetero) is 1. The number of piperidine rings is 1. The first-order valence-corrected chi connectivity index (χ1v) is 9.12. The molecule has 2 aromatic rings. The van der Waals surface area contributed by atoms with Gasteiger partial charge in [0.1, 0.15) is 11.4 Å². The zero-order valence-electron chi connectivity index (χ0n) is 14.9. The van der Waals surface area contributed by atoms with Gasteiger partial charge in [-0.05, 0) is 35.9 Å². The van der Waals surface area contributed by atoms with Gasteiger partial charge < -0.3 is 14.7 Å². The van der Waals surface area contributed by atoms with Gasteiger partial charge in [-0.1, -0.05) is 24.3 Å². The van der Waals surface area contributed by atoms with E-state index in [-0.39, 0.29) is 5.78 Å². The summed E-state index contributed by atoms with van der Waals surface area (Å²) >= 11 is 0. The van der Waals surface area contributed by atoms with Gasteiger partial charge in [-0.15, -0.1) is 0 Å². The number of carboxylic acids is 1. The second-order valence-electron chi connectivity index (χ2n) is 7.13. The Morgan fingerprint density at radius 1 is 1.11 bits per heavy atom. The van der Waals surface area contributed by atoms with E-state index in [2.05, 4.69) is 17.0 Å². The molecule has 138 valence electrons. The van der Waals surface area contributed by atoms with Crippen molar-refractivity contribution in [1.29, 1.82) is 0 Å². The van der Waals surface area contributed by atoms with Crippen LogP contribution < -0.4 is 9.64 Å².